The van der Waals surface area contributed by atoms with Gasteiger partial charge >= 0.3 is 0 Å². The summed E-state index contributed by atoms with van der Waals surface area (Å²) in [6.45, 7) is 6.99. The molecule has 0 radical (unpaired) electrons. The summed E-state index contributed by atoms with van der Waals surface area (Å²) >= 11 is 0. The van der Waals surface area contributed by atoms with Crippen LogP contribution in [0.25, 0.3) is 0 Å². The Morgan fingerprint density at radius 1 is 1.15 bits per heavy atom. The number of benzene rings is 2. The van der Waals surface area contributed by atoms with Gasteiger partial charge < -0.3 is 25.4 Å². The number of hydrogen-bond acceptors (Lipinski definition) is 5. The van der Waals surface area contributed by atoms with Gasteiger partial charge in [-0.3, -0.25) is 4.79 Å². The second kappa shape index (κ2) is 8.10. The van der Waals surface area contributed by atoms with E-state index >= 15 is 0 Å². The van der Waals surface area contributed by atoms with Crippen molar-refractivity contribution in [1.82, 2.24) is 0 Å². The lowest BCUT2D eigenvalue weighted by Crippen LogP contribution is -2.36. The highest BCUT2D eigenvalue weighted by Crippen LogP contribution is 2.27. The number of nitrogens with zero attached hydrogens (tertiary/aromatic N) is 1. The predicted octanol–water partition coefficient (Wildman–Crippen LogP) is 2.74. The van der Waals surface area contributed by atoms with Crippen LogP contribution >= 0.6 is 0 Å². The standard InChI is InChI=1S/C20H25N3O3/c1-14-9-15(2)11-17(10-14)26-13-20(24)22-16-3-4-19(18(21)12-16)23-5-7-25-8-6-23/h3-4,9-12H,5-8,13,21H2,1-2H3,(H,22,24). The maximum absolute atomic E-state index is 12.1. The molecule has 1 fully saturated rings. The number of nitrogens with one attached hydrogen (secondary N) is 1. The van der Waals surface area contributed by atoms with Gasteiger partial charge in [0.2, 0.25) is 0 Å². The third-order valence-electron chi connectivity index (χ3n) is 4.23. The summed E-state index contributed by atoms with van der Waals surface area (Å²) in [5.41, 5.74) is 10.6. The summed E-state index contributed by atoms with van der Waals surface area (Å²) in [7, 11) is 0. The number of aryl methyl sites for hydroxylation is 2. The molecule has 2 aromatic rings. The molecular formula is C20H25N3O3. The molecule has 26 heavy (non-hydrogen) atoms. The van der Waals surface area contributed by atoms with Gasteiger partial charge in [-0.1, -0.05) is 6.07 Å². The van der Waals surface area contributed by atoms with Gasteiger partial charge in [0.05, 0.1) is 24.6 Å². The number of anilines is 3. The molecule has 0 atom stereocenters. The molecule has 138 valence electrons. The van der Waals surface area contributed by atoms with Crippen LogP contribution in [0.3, 0.4) is 0 Å². The molecule has 0 aliphatic carbocycles. The van der Waals surface area contributed by atoms with Gasteiger partial charge in [-0.05, 0) is 55.3 Å². The molecule has 1 aliphatic heterocycles. The van der Waals surface area contributed by atoms with Gasteiger partial charge in [-0.15, -0.1) is 0 Å². The summed E-state index contributed by atoms with van der Waals surface area (Å²) < 4.78 is 10.9. The van der Waals surface area contributed by atoms with Crippen molar-refractivity contribution in [3.8, 4) is 5.75 Å². The molecule has 3 rings (SSSR count). The average Bonchev–Trinajstić information content (AvgIpc) is 2.60. The normalized spacial score (nSPS) is 14.2. The first kappa shape index (κ1) is 18.1. The minimum atomic E-state index is -0.220. The van der Waals surface area contributed by atoms with Crippen LogP contribution in [0.2, 0.25) is 0 Å². The van der Waals surface area contributed by atoms with E-state index in [9.17, 15) is 4.79 Å². The topological polar surface area (TPSA) is 76.8 Å². The van der Waals surface area contributed by atoms with E-state index in [0.717, 1.165) is 29.9 Å². The molecule has 0 aromatic heterocycles. The quantitative estimate of drug-likeness (QED) is 0.807. The molecule has 0 unspecified atom stereocenters. The van der Waals surface area contributed by atoms with Gasteiger partial charge in [0.15, 0.2) is 6.61 Å². The first-order chi connectivity index (χ1) is 12.5. The van der Waals surface area contributed by atoms with Crippen LogP contribution in [-0.2, 0) is 9.53 Å². The molecule has 0 bridgehead atoms. The number of carbonyl (C=O) groups excluding carboxylic acids is 1. The molecule has 1 aliphatic rings. The number of carbonyl (C=O) groups is 1. The van der Waals surface area contributed by atoms with Crippen molar-refractivity contribution in [1.29, 1.82) is 0 Å². The van der Waals surface area contributed by atoms with E-state index in [1.165, 1.54) is 0 Å². The lowest BCUT2D eigenvalue weighted by atomic mass is 10.1. The van der Waals surface area contributed by atoms with E-state index in [-0.39, 0.29) is 12.5 Å². The van der Waals surface area contributed by atoms with Crippen molar-refractivity contribution in [3.05, 3.63) is 47.5 Å². The van der Waals surface area contributed by atoms with Crippen molar-refractivity contribution in [2.75, 3.05) is 48.9 Å². The number of ether oxygens (including phenoxy) is 2. The molecule has 6 nitrogen and oxygen atoms in total. The van der Waals surface area contributed by atoms with E-state index in [1.807, 2.05) is 38.1 Å². The predicted molar refractivity (Wildman–Crippen MR) is 104 cm³/mol. The summed E-state index contributed by atoms with van der Waals surface area (Å²) in [6.07, 6.45) is 0. The number of morpholine rings is 1. The lowest BCUT2D eigenvalue weighted by molar-refractivity contribution is -0.118. The van der Waals surface area contributed by atoms with Crippen molar-refractivity contribution in [2.24, 2.45) is 0 Å². The SMILES string of the molecule is Cc1cc(C)cc(OCC(=O)Nc2ccc(N3CCOCC3)c(N)c2)c1. The summed E-state index contributed by atoms with van der Waals surface area (Å²) in [6, 6.07) is 11.5. The van der Waals surface area contributed by atoms with Crippen molar-refractivity contribution in [3.63, 3.8) is 0 Å². The van der Waals surface area contributed by atoms with Gasteiger partial charge in [-0.2, -0.15) is 0 Å². The van der Waals surface area contributed by atoms with Crippen molar-refractivity contribution in [2.45, 2.75) is 13.8 Å². The Bertz CT molecular complexity index is 766. The highest BCUT2D eigenvalue weighted by atomic mass is 16.5. The monoisotopic (exact) mass is 355 g/mol. The number of hydrogen-bond donors (Lipinski definition) is 2. The van der Waals surface area contributed by atoms with Gasteiger partial charge in [0.25, 0.3) is 5.91 Å². The van der Waals surface area contributed by atoms with Crippen LogP contribution in [0.5, 0.6) is 5.75 Å². The Hall–Kier alpha value is -2.73. The van der Waals surface area contributed by atoms with E-state index < -0.39 is 0 Å². The Morgan fingerprint density at radius 3 is 2.50 bits per heavy atom. The number of nitrogen functional groups attached to an aromatic ring is 1. The molecule has 3 N–H and O–H groups in total. The Balaban J connectivity index is 1.57. The third kappa shape index (κ3) is 4.67. The first-order valence-corrected chi connectivity index (χ1v) is 8.74. The summed E-state index contributed by atoms with van der Waals surface area (Å²) in [4.78, 5) is 14.3. The highest BCUT2D eigenvalue weighted by Gasteiger charge is 2.14. The zero-order valence-electron chi connectivity index (χ0n) is 15.2. The van der Waals surface area contributed by atoms with Gasteiger partial charge in [0.1, 0.15) is 5.75 Å². The third-order valence-corrected chi connectivity index (χ3v) is 4.23. The van der Waals surface area contributed by atoms with E-state index in [0.29, 0.717) is 30.3 Å². The second-order valence-corrected chi connectivity index (χ2v) is 6.53. The Kier molecular flexibility index (Phi) is 5.63. The summed E-state index contributed by atoms with van der Waals surface area (Å²) in [5, 5.41) is 2.83. The number of nitrogens with two attached hydrogens (primary N) is 1. The van der Waals surface area contributed by atoms with Gasteiger partial charge in [-0.25, -0.2) is 0 Å². The molecule has 0 saturated carbocycles. The maximum Gasteiger partial charge on any atom is 0.262 e. The van der Waals surface area contributed by atoms with E-state index in [1.54, 1.807) is 6.07 Å². The Morgan fingerprint density at radius 2 is 1.85 bits per heavy atom. The van der Waals surface area contributed by atoms with Crippen LogP contribution in [0.4, 0.5) is 17.1 Å². The molecule has 0 spiro atoms. The first-order valence-electron chi connectivity index (χ1n) is 8.74. The smallest absolute Gasteiger partial charge is 0.262 e. The van der Waals surface area contributed by atoms with Crippen molar-refractivity contribution < 1.29 is 14.3 Å². The second-order valence-electron chi connectivity index (χ2n) is 6.53. The fourth-order valence-electron chi connectivity index (χ4n) is 3.09. The summed E-state index contributed by atoms with van der Waals surface area (Å²) in [5.74, 6) is 0.475. The lowest BCUT2D eigenvalue weighted by Gasteiger charge is -2.30. The van der Waals surface area contributed by atoms with E-state index in [4.69, 9.17) is 15.2 Å². The molecule has 1 saturated heterocycles. The maximum atomic E-state index is 12.1. The largest absolute Gasteiger partial charge is 0.484 e. The minimum absolute atomic E-state index is 0.0476. The van der Waals surface area contributed by atoms with Crippen molar-refractivity contribution >= 4 is 23.0 Å². The van der Waals surface area contributed by atoms with Crippen LogP contribution in [-0.4, -0.2) is 38.8 Å². The van der Waals surface area contributed by atoms with Gasteiger partial charge in [0, 0.05) is 18.8 Å². The minimum Gasteiger partial charge on any atom is -0.484 e. The highest BCUT2D eigenvalue weighted by molar-refractivity contribution is 5.93. The van der Waals surface area contributed by atoms with Crippen LogP contribution < -0.4 is 20.7 Å². The molecule has 1 amide bonds. The Labute approximate surface area is 153 Å². The zero-order valence-corrected chi connectivity index (χ0v) is 15.2. The average molecular weight is 355 g/mol. The van der Waals surface area contributed by atoms with Crippen LogP contribution in [0, 0.1) is 13.8 Å². The zero-order chi connectivity index (χ0) is 18.5. The molecule has 2 aromatic carbocycles. The molecular weight excluding hydrogens is 330 g/mol. The van der Waals surface area contributed by atoms with E-state index in [2.05, 4.69) is 16.3 Å². The van der Waals surface area contributed by atoms with Crippen LogP contribution in [0.1, 0.15) is 11.1 Å². The number of rotatable bonds is 5. The molecule has 1 heterocycles. The number of amides is 1. The molecule has 6 heteroatoms. The fraction of sp³-hybridized carbons (Fsp3) is 0.350. The fourth-order valence-corrected chi connectivity index (χ4v) is 3.09. The van der Waals surface area contributed by atoms with Crippen LogP contribution in [0.15, 0.2) is 36.4 Å².